The Bertz CT molecular complexity index is 342. The van der Waals surface area contributed by atoms with Crippen LogP contribution in [0, 0.1) is 17.8 Å². The van der Waals surface area contributed by atoms with Crippen LogP contribution in [0.4, 0.5) is 0 Å². The largest absolute Gasteiger partial charge is 0.235 e. The molecular formula is C16H28N2O2. The Hall–Kier alpha value is -1.24. The van der Waals surface area contributed by atoms with Crippen molar-refractivity contribution in [2.24, 2.45) is 27.7 Å². The van der Waals surface area contributed by atoms with Crippen molar-refractivity contribution in [3.63, 3.8) is 0 Å². The summed E-state index contributed by atoms with van der Waals surface area (Å²) in [4.78, 5) is 27.9. The maximum atomic E-state index is 10.5. The van der Waals surface area contributed by atoms with Gasteiger partial charge in [0.1, 0.15) is 0 Å². The van der Waals surface area contributed by atoms with Crippen molar-refractivity contribution in [2.45, 2.75) is 65.8 Å². The van der Waals surface area contributed by atoms with E-state index in [9.17, 15) is 9.59 Å². The van der Waals surface area contributed by atoms with Gasteiger partial charge in [-0.05, 0) is 24.2 Å². The smallest absolute Gasteiger partial charge is 0.211 e. The number of rotatable bonds is 11. The monoisotopic (exact) mass is 280 g/mol. The maximum Gasteiger partial charge on any atom is 0.235 e. The first kappa shape index (κ1) is 18.8. The molecular weight excluding hydrogens is 252 g/mol. The molecule has 0 aliphatic carbocycles. The van der Waals surface area contributed by atoms with Gasteiger partial charge in [0.05, 0.1) is 12.6 Å². The van der Waals surface area contributed by atoms with Crippen LogP contribution >= 0.6 is 0 Å². The molecule has 4 heteroatoms. The third kappa shape index (κ3) is 8.04. The molecule has 0 spiro atoms. The molecule has 0 aromatic heterocycles. The van der Waals surface area contributed by atoms with Crippen molar-refractivity contribution < 1.29 is 9.59 Å². The van der Waals surface area contributed by atoms with Crippen LogP contribution in [0.3, 0.4) is 0 Å². The summed E-state index contributed by atoms with van der Waals surface area (Å²) in [6.45, 7) is 9.20. The van der Waals surface area contributed by atoms with Gasteiger partial charge in [-0.15, -0.1) is 0 Å². The molecule has 0 radical (unpaired) electrons. The van der Waals surface area contributed by atoms with Gasteiger partial charge in [-0.3, -0.25) is 0 Å². The normalized spacial score (nSPS) is 15.1. The van der Waals surface area contributed by atoms with Crippen LogP contribution in [0.25, 0.3) is 0 Å². The van der Waals surface area contributed by atoms with Gasteiger partial charge in [0.25, 0.3) is 0 Å². The molecule has 0 saturated heterocycles. The molecule has 0 aliphatic rings. The zero-order chi connectivity index (χ0) is 15.4. The first-order chi connectivity index (χ1) is 9.54. The molecule has 0 N–H and O–H groups in total. The average Bonchev–Trinajstić information content (AvgIpc) is 2.42. The summed E-state index contributed by atoms with van der Waals surface area (Å²) in [5.74, 6) is 1.32. The molecule has 0 aromatic rings. The van der Waals surface area contributed by atoms with E-state index in [0.717, 1.165) is 25.7 Å². The quantitative estimate of drug-likeness (QED) is 0.327. The summed E-state index contributed by atoms with van der Waals surface area (Å²) >= 11 is 0. The molecule has 0 aromatic carbocycles. The fraction of sp³-hybridized carbons (Fsp3) is 0.875. The van der Waals surface area contributed by atoms with Crippen LogP contribution in [0.2, 0.25) is 0 Å². The minimum atomic E-state index is 0.0735. The number of hydrogen-bond donors (Lipinski definition) is 0. The third-order valence-electron chi connectivity index (χ3n) is 4.07. The first-order valence-electron chi connectivity index (χ1n) is 7.65. The maximum absolute atomic E-state index is 10.5. The van der Waals surface area contributed by atoms with Gasteiger partial charge in [-0.25, -0.2) is 19.6 Å². The number of carbonyl (C=O) groups excluding carboxylic acids is 2. The van der Waals surface area contributed by atoms with Crippen LogP contribution in [-0.4, -0.2) is 24.7 Å². The second-order valence-electron chi connectivity index (χ2n) is 5.97. The standard InChI is InChI=1S/C16H28N2O2/c1-13(2)16(18-12-20)15(4)14(3)9-7-5-6-8-10-17-11-19/h13-16H,5-10H2,1-4H3. The van der Waals surface area contributed by atoms with Gasteiger partial charge < -0.3 is 0 Å². The summed E-state index contributed by atoms with van der Waals surface area (Å²) in [5.41, 5.74) is 0. The van der Waals surface area contributed by atoms with E-state index in [1.807, 2.05) is 0 Å². The lowest BCUT2D eigenvalue weighted by molar-refractivity contribution is 0.260. The van der Waals surface area contributed by atoms with Crippen molar-refractivity contribution >= 4 is 12.2 Å². The Labute approximate surface area is 122 Å². The van der Waals surface area contributed by atoms with E-state index in [-0.39, 0.29) is 6.04 Å². The van der Waals surface area contributed by atoms with Gasteiger partial charge in [-0.1, -0.05) is 53.4 Å². The van der Waals surface area contributed by atoms with Gasteiger partial charge in [-0.2, -0.15) is 0 Å². The van der Waals surface area contributed by atoms with Crippen LogP contribution in [-0.2, 0) is 9.59 Å². The predicted molar refractivity (Wildman–Crippen MR) is 81.1 cm³/mol. The Morgan fingerprint density at radius 1 is 0.900 bits per heavy atom. The fourth-order valence-corrected chi connectivity index (χ4v) is 2.59. The van der Waals surface area contributed by atoms with Gasteiger partial charge in [0, 0.05) is 0 Å². The lowest BCUT2D eigenvalue weighted by Gasteiger charge is -2.27. The highest BCUT2D eigenvalue weighted by Gasteiger charge is 2.24. The van der Waals surface area contributed by atoms with Crippen LogP contribution < -0.4 is 0 Å². The van der Waals surface area contributed by atoms with E-state index < -0.39 is 0 Å². The van der Waals surface area contributed by atoms with Crippen LogP contribution in [0.5, 0.6) is 0 Å². The van der Waals surface area contributed by atoms with Crippen molar-refractivity contribution in [2.75, 3.05) is 6.54 Å². The summed E-state index contributed by atoms with van der Waals surface area (Å²) in [6.07, 6.45) is 8.82. The van der Waals surface area contributed by atoms with E-state index in [1.54, 1.807) is 12.2 Å². The highest BCUT2D eigenvalue weighted by molar-refractivity contribution is 5.33. The molecule has 4 nitrogen and oxygen atoms in total. The topological polar surface area (TPSA) is 58.9 Å². The zero-order valence-electron chi connectivity index (χ0n) is 13.3. The van der Waals surface area contributed by atoms with Crippen LogP contribution in [0.1, 0.15) is 59.8 Å². The first-order valence-corrected chi connectivity index (χ1v) is 7.65. The van der Waals surface area contributed by atoms with Gasteiger partial charge in [0.15, 0.2) is 0 Å². The Balaban J connectivity index is 3.97. The molecule has 0 rings (SSSR count). The number of isocyanates is 2. The van der Waals surface area contributed by atoms with Gasteiger partial charge >= 0.3 is 0 Å². The Morgan fingerprint density at radius 2 is 1.55 bits per heavy atom. The highest BCUT2D eigenvalue weighted by atomic mass is 16.1. The fourth-order valence-electron chi connectivity index (χ4n) is 2.59. The number of hydrogen-bond acceptors (Lipinski definition) is 4. The molecule has 0 fully saturated rings. The molecule has 0 heterocycles. The van der Waals surface area contributed by atoms with E-state index >= 15 is 0 Å². The molecule has 20 heavy (non-hydrogen) atoms. The van der Waals surface area contributed by atoms with E-state index in [4.69, 9.17) is 0 Å². The summed E-state index contributed by atoms with van der Waals surface area (Å²) in [7, 11) is 0. The predicted octanol–water partition coefficient (Wildman–Crippen LogP) is 3.91. The minimum Gasteiger partial charge on any atom is -0.211 e. The SMILES string of the molecule is CC(C)C(N=C=O)C(C)C(C)CCCCCCN=C=O. The third-order valence-corrected chi connectivity index (χ3v) is 4.07. The molecule has 0 amide bonds. The lowest BCUT2D eigenvalue weighted by atomic mass is 9.81. The van der Waals surface area contributed by atoms with Crippen molar-refractivity contribution in [1.29, 1.82) is 0 Å². The van der Waals surface area contributed by atoms with E-state index in [1.165, 1.54) is 6.42 Å². The molecule has 3 unspecified atom stereocenters. The summed E-state index contributed by atoms with van der Waals surface area (Å²) in [6, 6.07) is 0.0735. The number of nitrogens with zero attached hydrogens (tertiary/aromatic N) is 2. The Kier molecular flexibility index (Phi) is 10.9. The molecule has 0 saturated carbocycles. The summed E-state index contributed by atoms with van der Waals surface area (Å²) in [5, 5.41) is 0. The molecule has 3 atom stereocenters. The highest BCUT2D eigenvalue weighted by Crippen LogP contribution is 2.27. The second-order valence-corrected chi connectivity index (χ2v) is 5.97. The lowest BCUT2D eigenvalue weighted by Crippen LogP contribution is -2.27. The zero-order valence-corrected chi connectivity index (χ0v) is 13.3. The van der Waals surface area contributed by atoms with Crippen molar-refractivity contribution in [3.8, 4) is 0 Å². The summed E-state index contributed by atoms with van der Waals surface area (Å²) < 4.78 is 0. The van der Waals surface area contributed by atoms with Gasteiger partial charge in [0.2, 0.25) is 12.2 Å². The van der Waals surface area contributed by atoms with Crippen molar-refractivity contribution in [1.82, 2.24) is 0 Å². The molecule has 114 valence electrons. The molecule has 0 aliphatic heterocycles. The second kappa shape index (κ2) is 11.6. The molecule has 0 bridgehead atoms. The van der Waals surface area contributed by atoms with E-state index in [0.29, 0.717) is 24.3 Å². The average molecular weight is 280 g/mol. The Morgan fingerprint density at radius 3 is 2.10 bits per heavy atom. The number of aliphatic imine (C=N–C) groups is 2. The van der Waals surface area contributed by atoms with Crippen molar-refractivity contribution in [3.05, 3.63) is 0 Å². The number of unbranched alkanes of at least 4 members (excludes halogenated alkanes) is 3. The van der Waals surface area contributed by atoms with Crippen LogP contribution in [0.15, 0.2) is 9.98 Å². The van der Waals surface area contributed by atoms with E-state index in [2.05, 4.69) is 37.7 Å². The minimum absolute atomic E-state index is 0.0735.